The number of aromatic nitrogens is 2. The molecular weight excluding hydrogens is 496 g/mol. The lowest BCUT2D eigenvalue weighted by atomic mass is 9.77. The first-order valence-electron chi connectivity index (χ1n) is 15.4. The molecule has 0 radical (unpaired) electrons. The van der Waals surface area contributed by atoms with Gasteiger partial charge in [0.2, 0.25) is 0 Å². The van der Waals surface area contributed by atoms with Crippen LogP contribution in [0.25, 0.3) is 0 Å². The van der Waals surface area contributed by atoms with E-state index in [-0.39, 0.29) is 11.5 Å². The number of piperidine rings is 1. The number of aryl methyl sites for hydroxylation is 1. The summed E-state index contributed by atoms with van der Waals surface area (Å²) in [6.45, 7) is 7.98. The van der Waals surface area contributed by atoms with Crippen molar-refractivity contribution in [1.29, 1.82) is 0 Å². The van der Waals surface area contributed by atoms with Gasteiger partial charge in [0.05, 0.1) is 5.69 Å². The van der Waals surface area contributed by atoms with E-state index in [9.17, 15) is 9.90 Å². The van der Waals surface area contributed by atoms with Gasteiger partial charge in [0.1, 0.15) is 6.04 Å². The lowest BCUT2D eigenvalue weighted by Gasteiger charge is -2.41. The quantitative estimate of drug-likeness (QED) is 0.364. The summed E-state index contributed by atoms with van der Waals surface area (Å²) in [6, 6.07) is 23.6. The van der Waals surface area contributed by atoms with Crippen LogP contribution >= 0.6 is 0 Å². The van der Waals surface area contributed by atoms with E-state index in [1.54, 1.807) is 0 Å². The van der Waals surface area contributed by atoms with Crippen molar-refractivity contribution in [2.24, 2.45) is 5.92 Å². The van der Waals surface area contributed by atoms with Gasteiger partial charge in [-0.3, -0.25) is 14.4 Å². The molecule has 0 spiro atoms. The third-order valence-corrected chi connectivity index (χ3v) is 9.93. The first-order valence-corrected chi connectivity index (χ1v) is 15.4. The maximum atomic E-state index is 12.3. The summed E-state index contributed by atoms with van der Waals surface area (Å²) < 4.78 is 2.23. The molecular formula is C34H44N4O2. The Morgan fingerprint density at radius 1 is 1.00 bits per heavy atom. The van der Waals surface area contributed by atoms with Gasteiger partial charge in [-0.25, -0.2) is 0 Å². The minimum Gasteiger partial charge on any atom is -0.480 e. The van der Waals surface area contributed by atoms with Crippen LogP contribution in [-0.2, 0) is 23.2 Å². The number of benzene rings is 2. The van der Waals surface area contributed by atoms with Crippen LogP contribution in [0.5, 0.6) is 0 Å². The van der Waals surface area contributed by atoms with Crippen molar-refractivity contribution in [2.75, 3.05) is 32.7 Å². The lowest BCUT2D eigenvalue weighted by Crippen LogP contribution is -2.50. The van der Waals surface area contributed by atoms with E-state index in [4.69, 9.17) is 5.10 Å². The summed E-state index contributed by atoms with van der Waals surface area (Å²) in [4.78, 5) is 17.3. The molecule has 6 nitrogen and oxygen atoms in total. The van der Waals surface area contributed by atoms with Gasteiger partial charge in [-0.05, 0) is 81.8 Å². The van der Waals surface area contributed by atoms with E-state index in [0.29, 0.717) is 11.8 Å². The van der Waals surface area contributed by atoms with Gasteiger partial charge in [0, 0.05) is 43.1 Å². The summed E-state index contributed by atoms with van der Waals surface area (Å²) in [7, 11) is 0. The van der Waals surface area contributed by atoms with Crippen LogP contribution < -0.4 is 0 Å². The molecule has 0 amide bonds. The van der Waals surface area contributed by atoms with Crippen LogP contribution in [0.15, 0.2) is 66.7 Å². The van der Waals surface area contributed by atoms with Crippen molar-refractivity contribution >= 4 is 5.97 Å². The molecule has 2 aliphatic heterocycles. The number of rotatable bonds is 10. The van der Waals surface area contributed by atoms with E-state index < -0.39 is 5.97 Å². The molecule has 212 valence electrons. The highest BCUT2D eigenvalue weighted by Gasteiger charge is 2.47. The van der Waals surface area contributed by atoms with Crippen LogP contribution in [0.3, 0.4) is 0 Å². The number of nitrogens with zero attached hydrogens (tertiary/aromatic N) is 4. The summed E-state index contributed by atoms with van der Waals surface area (Å²) in [5.41, 5.74) is 5.22. The Kier molecular flexibility index (Phi) is 8.08. The lowest BCUT2D eigenvalue weighted by molar-refractivity contribution is -0.146. The second-order valence-corrected chi connectivity index (χ2v) is 12.4. The average Bonchev–Trinajstić information content (AvgIpc) is 3.57. The number of hydrogen-bond acceptors (Lipinski definition) is 4. The number of carbonyl (C=O) groups is 1. The van der Waals surface area contributed by atoms with Crippen LogP contribution in [0.2, 0.25) is 0 Å². The highest BCUT2D eigenvalue weighted by Crippen LogP contribution is 2.41. The van der Waals surface area contributed by atoms with Crippen molar-refractivity contribution in [1.82, 2.24) is 19.6 Å². The molecule has 3 aliphatic rings. The highest BCUT2D eigenvalue weighted by molar-refractivity contribution is 5.74. The molecule has 6 heteroatoms. The summed E-state index contributed by atoms with van der Waals surface area (Å²) in [5.74, 6) is 0.222. The Balaban J connectivity index is 1.14. The Hall–Kier alpha value is -2.96. The van der Waals surface area contributed by atoms with Crippen molar-refractivity contribution in [3.8, 4) is 0 Å². The molecule has 1 saturated carbocycles. The topological polar surface area (TPSA) is 61.6 Å². The van der Waals surface area contributed by atoms with E-state index >= 15 is 0 Å². The molecule has 3 heterocycles. The smallest absolute Gasteiger partial charge is 0.321 e. The van der Waals surface area contributed by atoms with Gasteiger partial charge in [0.15, 0.2) is 0 Å². The molecule has 1 aromatic heterocycles. The number of hydrogen-bond donors (Lipinski definition) is 1. The SMILES string of the molecule is CCn1nc(Cc2ccccc2)cc1C1CCN(CC2(c3ccccc3)CCN(C(C(=O)O)C3CCC3)C2)CC1. The Labute approximate surface area is 239 Å². The van der Waals surface area contributed by atoms with E-state index in [1.807, 2.05) is 0 Å². The molecule has 0 bridgehead atoms. The normalized spacial score (nSPS) is 23.7. The second kappa shape index (κ2) is 11.9. The zero-order valence-electron chi connectivity index (χ0n) is 23.9. The molecule has 3 aromatic rings. The van der Waals surface area contributed by atoms with Crippen LogP contribution in [-0.4, -0.2) is 69.4 Å². The second-order valence-electron chi connectivity index (χ2n) is 12.4. The first-order chi connectivity index (χ1) is 19.5. The van der Waals surface area contributed by atoms with Crippen molar-refractivity contribution in [3.63, 3.8) is 0 Å². The predicted octanol–water partition coefficient (Wildman–Crippen LogP) is 5.57. The van der Waals surface area contributed by atoms with Crippen LogP contribution in [0, 0.1) is 5.92 Å². The summed E-state index contributed by atoms with van der Waals surface area (Å²) in [6.07, 6.45) is 7.48. The minimum atomic E-state index is -0.631. The maximum Gasteiger partial charge on any atom is 0.321 e. The minimum absolute atomic E-state index is 0.0143. The Morgan fingerprint density at radius 3 is 2.33 bits per heavy atom. The number of carboxylic acid groups (broad SMARTS) is 1. The van der Waals surface area contributed by atoms with Crippen LogP contribution in [0.4, 0.5) is 0 Å². The third kappa shape index (κ3) is 5.61. The van der Waals surface area contributed by atoms with Crippen molar-refractivity contribution < 1.29 is 9.90 Å². The predicted molar refractivity (Wildman–Crippen MR) is 159 cm³/mol. The summed E-state index contributed by atoms with van der Waals surface area (Å²) >= 11 is 0. The first kappa shape index (κ1) is 27.2. The Bertz CT molecular complexity index is 1260. The number of carboxylic acids is 1. The van der Waals surface area contributed by atoms with Gasteiger partial charge in [-0.2, -0.15) is 5.10 Å². The van der Waals surface area contributed by atoms with Crippen LogP contribution in [0.1, 0.15) is 73.9 Å². The maximum absolute atomic E-state index is 12.3. The molecule has 1 N–H and O–H groups in total. The molecule has 1 aliphatic carbocycles. The molecule has 2 unspecified atom stereocenters. The standard InChI is InChI=1S/C34H44N4O2/c1-2-38-31(23-30(35-38)22-26-10-5-3-6-11-26)27-16-19-36(20-17-27)24-34(29-14-7-4-8-15-29)18-21-37(25-34)32(33(39)40)28-12-9-13-28/h3-8,10-11,14-15,23,27-28,32H,2,9,12-13,16-22,24-25H2,1H3,(H,39,40). The summed E-state index contributed by atoms with van der Waals surface area (Å²) in [5, 5.41) is 15.1. The van der Waals surface area contributed by atoms with Gasteiger partial charge in [-0.15, -0.1) is 0 Å². The van der Waals surface area contributed by atoms with Gasteiger partial charge >= 0.3 is 5.97 Å². The molecule has 6 rings (SSSR count). The largest absolute Gasteiger partial charge is 0.480 e. The van der Waals surface area contributed by atoms with E-state index in [0.717, 1.165) is 77.8 Å². The molecule has 2 aromatic carbocycles. The van der Waals surface area contributed by atoms with Crippen molar-refractivity contribution in [2.45, 2.75) is 75.8 Å². The van der Waals surface area contributed by atoms with Crippen molar-refractivity contribution in [3.05, 3.63) is 89.2 Å². The fourth-order valence-corrected chi connectivity index (χ4v) is 7.58. The van der Waals surface area contributed by atoms with Gasteiger partial charge < -0.3 is 10.0 Å². The average molecular weight is 541 g/mol. The fourth-order valence-electron chi connectivity index (χ4n) is 7.58. The third-order valence-electron chi connectivity index (χ3n) is 9.93. The monoisotopic (exact) mass is 540 g/mol. The zero-order valence-corrected chi connectivity index (χ0v) is 23.9. The molecule has 3 fully saturated rings. The zero-order chi connectivity index (χ0) is 27.5. The highest BCUT2D eigenvalue weighted by atomic mass is 16.4. The molecule has 2 atom stereocenters. The van der Waals surface area contributed by atoms with E-state index in [2.05, 4.69) is 88.1 Å². The van der Waals surface area contributed by atoms with E-state index in [1.165, 1.54) is 28.9 Å². The number of aliphatic carboxylic acids is 1. The molecule has 40 heavy (non-hydrogen) atoms. The Morgan fingerprint density at radius 2 is 1.70 bits per heavy atom. The van der Waals surface area contributed by atoms with Gasteiger partial charge in [-0.1, -0.05) is 67.1 Å². The number of likely N-dealkylation sites (tertiary alicyclic amines) is 2. The molecule has 2 saturated heterocycles. The fraction of sp³-hybridized carbons (Fsp3) is 0.529. The van der Waals surface area contributed by atoms with Gasteiger partial charge in [0.25, 0.3) is 0 Å².